The van der Waals surface area contributed by atoms with E-state index < -0.39 is 0 Å². The summed E-state index contributed by atoms with van der Waals surface area (Å²) in [6.45, 7) is 2.47. The Kier molecular flexibility index (Phi) is 4.06. The molecule has 0 bridgehead atoms. The number of hydrogen-bond donors (Lipinski definition) is 1. The van der Waals surface area contributed by atoms with Crippen LogP contribution in [0.25, 0.3) is 16.9 Å². The summed E-state index contributed by atoms with van der Waals surface area (Å²) in [5.41, 5.74) is 3.68. The topological polar surface area (TPSA) is 52.0 Å². The normalized spacial score (nSPS) is 17.8. The van der Waals surface area contributed by atoms with Crippen LogP contribution in [0.4, 0.5) is 4.39 Å². The van der Waals surface area contributed by atoms with Crippen molar-refractivity contribution >= 4 is 0 Å². The molecule has 0 unspecified atom stereocenters. The second kappa shape index (κ2) is 6.51. The molecule has 1 fully saturated rings. The first-order chi connectivity index (χ1) is 11.8. The number of rotatable bonds is 3. The van der Waals surface area contributed by atoms with Gasteiger partial charge in [0.05, 0.1) is 24.6 Å². The molecule has 24 heavy (non-hydrogen) atoms. The Bertz CT molecular complexity index is 808. The predicted octanol–water partition coefficient (Wildman–Crippen LogP) is 2.73. The number of nitrogens with zero attached hydrogens (tertiary/aromatic N) is 3. The minimum Gasteiger partial charge on any atom is -0.371 e. The smallest absolute Gasteiger partial charge is 0.123 e. The van der Waals surface area contributed by atoms with Crippen molar-refractivity contribution in [1.82, 2.24) is 20.3 Å². The standard InChI is InChI=1S/C18H17FN4O/c19-15-5-7-16(8-6-15)23-12-17(21-22-23)13-1-3-14(4-2-13)18-11-20-9-10-24-18/h1-8,12,18,20H,9-11H2/t18-/m1/s1. The van der Waals surface area contributed by atoms with E-state index in [2.05, 4.69) is 27.8 Å². The van der Waals surface area contributed by atoms with Crippen molar-refractivity contribution in [1.29, 1.82) is 0 Å². The van der Waals surface area contributed by atoms with Crippen molar-refractivity contribution in [2.24, 2.45) is 0 Å². The van der Waals surface area contributed by atoms with Gasteiger partial charge in [-0.1, -0.05) is 29.5 Å². The van der Waals surface area contributed by atoms with Gasteiger partial charge in [-0.05, 0) is 29.8 Å². The number of hydrogen-bond acceptors (Lipinski definition) is 4. The molecule has 1 aromatic heterocycles. The van der Waals surface area contributed by atoms with E-state index in [0.717, 1.165) is 42.2 Å². The van der Waals surface area contributed by atoms with Gasteiger partial charge in [0.1, 0.15) is 11.5 Å². The predicted molar refractivity (Wildman–Crippen MR) is 88.3 cm³/mol. The molecule has 6 heteroatoms. The highest BCUT2D eigenvalue weighted by Gasteiger charge is 2.15. The molecule has 0 saturated carbocycles. The van der Waals surface area contributed by atoms with Crippen molar-refractivity contribution in [2.45, 2.75) is 6.10 Å². The van der Waals surface area contributed by atoms with Crippen LogP contribution < -0.4 is 5.32 Å². The summed E-state index contributed by atoms with van der Waals surface area (Å²) in [7, 11) is 0. The molecule has 3 aromatic rings. The molecule has 2 aromatic carbocycles. The minimum absolute atomic E-state index is 0.0997. The summed E-state index contributed by atoms with van der Waals surface area (Å²) in [6.07, 6.45) is 1.93. The van der Waals surface area contributed by atoms with Gasteiger partial charge in [-0.2, -0.15) is 0 Å². The van der Waals surface area contributed by atoms with E-state index >= 15 is 0 Å². The summed E-state index contributed by atoms with van der Waals surface area (Å²) in [6, 6.07) is 14.3. The minimum atomic E-state index is -0.269. The fourth-order valence-electron chi connectivity index (χ4n) is 2.76. The molecule has 4 rings (SSSR count). The van der Waals surface area contributed by atoms with Gasteiger partial charge >= 0.3 is 0 Å². The summed E-state index contributed by atoms with van der Waals surface area (Å²) in [5, 5.41) is 11.6. The molecule has 1 saturated heterocycles. The van der Waals surface area contributed by atoms with Gasteiger partial charge < -0.3 is 10.1 Å². The molecule has 1 N–H and O–H groups in total. The van der Waals surface area contributed by atoms with Gasteiger partial charge in [-0.15, -0.1) is 5.10 Å². The van der Waals surface area contributed by atoms with E-state index in [0.29, 0.717) is 0 Å². The third-order valence-corrected chi connectivity index (χ3v) is 4.09. The number of morpholine rings is 1. The van der Waals surface area contributed by atoms with E-state index in [4.69, 9.17) is 4.74 Å². The highest BCUT2D eigenvalue weighted by molar-refractivity contribution is 5.58. The van der Waals surface area contributed by atoms with Crippen molar-refractivity contribution in [3.8, 4) is 16.9 Å². The highest BCUT2D eigenvalue weighted by Crippen LogP contribution is 2.23. The molecule has 0 radical (unpaired) electrons. The second-order valence-corrected chi connectivity index (χ2v) is 5.71. The van der Waals surface area contributed by atoms with Crippen molar-refractivity contribution in [2.75, 3.05) is 19.7 Å². The Morgan fingerprint density at radius 2 is 1.88 bits per heavy atom. The van der Waals surface area contributed by atoms with Crippen LogP contribution >= 0.6 is 0 Å². The van der Waals surface area contributed by atoms with Crippen LogP contribution in [0.5, 0.6) is 0 Å². The number of halogens is 1. The molecular weight excluding hydrogens is 307 g/mol. The molecular formula is C18H17FN4O. The van der Waals surface area contributed by atoms with Crippen LogP contribution in [-0.4, -0.2) is 34.7 Å². The maximum absolute atomic E-state index is 13.0. The third-order valence-electron chi connectivity index (χ3n) is 4.09. The van der Waals surface area contributed by atoms with Crippen LogP contribution in [0.1, 0.15) is 11.7 Å². The van der Waals surface area contributed by atoms with Crippen LogP contribution in [0.2, 0.25) is 0 Å². The zero-order valence-corrected chi connectivity index (χ0v) is 13.0. The molecule has 1 atom stereocenters. The van der Waals surface area contributed by atoms with Crippen LogP contribution in [0.3, 0.4) is 0 Å². The Hall–Kier alpha value is -2.57. The van der Waals surface area contributed by atoms with Gasteiger partial charge in [-0.25, -0.2) is 9.07 Å². The van der Waals surface area contributed by atoms with E-state index in [9.17, 15) is 4.39 Å². The quantitative estimate of drug-likeness (QED) is 0.805. The largest absolute Gasteiger partial charge is 0.371 e. The lowest BCUT2D eigenvalue weighted by Crippen LogP contribution is -2.33. The number of aromatic nitrogens is 3. The lowest BCUT2D eigenvalue weighted by Gasteiger charge is -2.23. The van der Waals surface area contributed by atoms with Crippen LogP contribution in [0, 0.1) is 5.82 Å². The van der Waals surface area contributed by atoms with Gasteiger partial charge in [-0.3, -0.25) is 0 Å². The zero-order valence-electron chi connectivity index (χ0n) is 13.0. The Morgan fingerprint density at radius 1 is 1.08 bits per heavy atom. The van der Waals surface area contributed by atoms with E-state index in [-0.39, 0.29) is 11.9 Å². The SMILES string of the molecule is Fc1ccc(-n2cc(-c3ccc([C@H]4CNCCO4)cc3)nn2)cc1. The second-order valence-electron chi connectivity index (χ2n) is 5.71. The van der Waals surface area contributed by atoms with Gasteiger partial charge in [0.25, 0.3) is 0 Å². The Labute approximate surface area is 139 Å². The van der Waals surface area contributed by atoms with Crippen molar-refractivity contribution in [3.63, 3.8) is 0 Å². The molecule has 0 aliphatic carbocycles. The lowest BCUT2D eigenvalue weighted by atomic mass is 10.0. The van der Waals surface area contributed by atoms with Gasteiger partial charge in [0, 0.05) is 18.7 Å². The molecule has 1 aliphatic rings. The van der Waals surface area contributed by atoms with Crippen molar-refractivity contribution < 1.29 is 9.13 Å². The van der Waals surface area contributed by atoms with Crippen molar-refractivity contribution in [3.05, 3.63) is 66.1 Å². The fraction of sp³-hybridized carbons (Fsp3) is 0.222. The molecule has 1 aliphatic heterocycles. The Balaban J connectivity index is 1.54. The van der Waals surface area contributed by atoms with Gasteiger partial charge in [0.15, 0.2) is 0 Å². The van der Waals surface area contributed by atoms with E-state index in [1.807, 2.05) is 18.3 Å². The third kappa shape index (κ3) is 3.06. The average Bonchev–Trinajstić information content (AvgIpc) is 3.13. The molecule has 0 amide bonds. The number of benzene rings is 2. The lowest BCUT2D eigenvalue weighted by molar-refractivity contribution is 0.0277. The summed E-state index contributed by atoms with van der Waals surface area (Å²) < 4.78 is 20.4. The maximum atomic E-state index is 13.0. The van der Waals surface area contributed by atoms with Crippen LogP contribution in [-0.2, 0) is 4.74 Å². The summed E-state index contributed by atoms with van der Waals surface area (Å²) in [5.74, 6) is -0.269. The monoisotopic (exact) mass is 324 g/mol. The maximum Gasteiger partial charge on any atom is 0.123 e. The first-order valence-electron chi connectivity index (χ1n) is 7.90. The van der Waals surface area contributed by atoms with Crippen LogP contribution in [0.15, 0.2) is 54.7 Å². The highest BCUT2D eigenvalue weighted by atomic mass is 19.1. The zero-order chi connectivity index (χ0) is 16.4. The van der Waals surface area contributed by atoms with E-state index in [1.165, 1.54) is 12.1 Å². The summed E-state index contributed by atoms with van der Waals surface area (Å²) >= 11 is 0. The molecule has 122 valence electrons. The molecule has 0 spiro atoms. The number of ether oxygens (including phenoxy) is 1. The van der Waals surface area contributed by atoms with Gasteiger partial charge in [0.2, 0.25) is 0 Å². The molecule has 5 nitrogen and oxygen atoms in total. The summed E-state index contributed by atoms with van der Waals surface area (Å²) in [4.78, 5) is 0. The van der Waals surface area contributed by atoms with E-state index in [1.54, 1.807) is 16.8 Å². The fourth-order valence-corrected chi connectivity index (χ4v) is 2.76. The molecule has 2 heterocycles. The first kappa shape index (κ1) is 15.0. The average molecular weight is 324 g/mol. The number of nitrogens with one attached hydrogen (secondary N) is 1. The Morgan fingerprint density at radius 3 is 2.58 bits per heavy atom. The first-order valence-corrected chi connectivity index (χ1v) is 7.90.